The van der Waals surface area contributed by atoms with E-state index in [1.807, 2.05) is 36.4 Å². The van der Waals surface area contributed by atoms with E-state index in [4.69, 9.17) is 32.7 Å². The van der Waals surface area contributed by atoms with Gasteiger partial charge in [-0.05, 0) is 48.5 Å². The number of likely N-dealkylation sites (N-methyl/N-ethyl adjacent to an activating group) is 1. The van der Waals surface area contributed by atoms with Crippen molar-refractivity contribution in [1.82, 2.24) is 10.2 Å². The Bertz CT molecular complexity index is 704. The summed E-state index contributed by atoms with van der Waals surface area (Å²) in [5.74, 6) is 1.19. The van der Waals surface area contributed by atoms with Gasteiger partial charge in [0, 0.05) is 24.7 Å². The smallest absolute Gasteiger partial charge is 0.180 e. The maximum absolute atomic E-state index is 6.45. The van der Waals surface area contributed by atoms with Crippen LogP contribution in [0.25, 0.3) is 0 Å². The average Bonchev–Trinajstić information content (AvgIpc) is 2.68. The summed E-state index contributed by atoms with van der Waals surface area (Å²) in [5, 5.41) is 4.70. The predicted octanol–water partition coefficient (Wildman–Crippen LogP) is 5.01. The van der Waals surface area contributed by atoms with Crippen LogP contribution in [0, 0.1) is 0 Å². The van der Waals surface area contributed by atoms with Crippen molar-refractivity contribution in [1.29, 1.82) is 0 Å². The molecule has 6 heteroatoms. The molecule has 0 saturated carbocycles. The van der Waals surface area contributed by atoms with Crippen LogP contribution >= 0.6 is 23.2 Å². The van der Waals surface area contributed by atoms with Crippen molar-refractivity contribution < 1.29 is 9.47 Å². The second-order valence-corrected chi connectivity index (χ2v) is 7.07. The second kappa shape index (κ2) is 11.4. The highest BCUT2D eigenvalue weighted by molar-refractivity contribution is 6.32. The third kappa shape index (κ3) is 6.89. The van der Waals surface area contributed by atoms with Crippen LogP contribution in [0.5, 0.6) is 11.5 Å². The van der Waals surface area contributed by atoms with Crippen molar-refractivity contribution in [3.8, 4) is 11.5 Å². The molecule has 0 atom stereocenters. The van der Waals surface area contributed by atoms with Gasteiger partial charge in [-0.3, -0.25) is 0 Å². The molecule has 0 spiro atoms. The number of rotatable bonds is 11. The second-order valence-electron chi connectivity index (χ2n) is 6.23. The zero-order valence-corrected chi connectivity index (χ0v) is 17.7. The van der Waals surface area contributed by atoms with Crippen molar-refractivity contribution in [3.63, 3.8) is 0 Å². The first-order chi connectivity index (χ1) is 13.1. The highest BCUT2D eigenvalue weighted by Gasteiger charge is 2.12. The fourth-order valence-corrected chi connectivity index (χ4v) is 3.18. The summed E-state index contributed by atoms with van der Waals surface area (Å²) >= 11 is 12.4. The summed E-state index contributed by atoms with van der Waals surface area (Å²) < 4.78 is 11.4. The molecule has 2 aromatic carbocycles. The monoisotopic (exact) mass is 410 g/mol. The first kappa shape index (κ1) is 21.8. The van der Waals surface area contributed by atoms with Crippen LogP contribution in [0.15, 0.2) is 36.4 Å². The topological polar surface area (TPSA) is 33.7 Å². The van der Waals surface area contributed by atoms with E-state index in [1.54, 1.807) is 7.11 Å². The van der Waals surface area contributed by atoms with E-state index in [0.717, 1.165) is 43.9 Å². The predicted molar refractivity (Wildman–Crippen MR) is 113 cm³/mol. The van der Waals surface area contributed by atoms with E-state index in [-0.39, 0.29) is 0 Å². The lowest BCUT2D eigenvalue weighted by atomic mass is 10.2. The fraction of sp³-hybridized carbons (Fsp3) is 0.429. The van der Waals surface area contributed by atoms with Crippen molar-refractivity contribution >= 4 is 23.2 Å². The molecule has 0 radical (unpaired) electrons. The summed E-state index contributed by atoms with van der Waals surface area (Å²) in [5.41, 5.74) is 2.08. The molecule has 0 unspecified atom stereocenters. The SMILES string of the molecule is CCN(CC)CCNCc1cc(Cl)c(OCc2ccc(Cl)cc2)c(OC)c1. The Balaban J connectivity index is 1.96. The van der Waals surface area contributed by atoms with Crippen molar-refractivity contribution in [2.24, 2.45) is 0 Å². The summed E-state index contributed by atoms with van der Waals surface area (Å²) in [4.78, 5) is 2.38. The Morgan fingerprint density at radius 2 is 1.70 bits per heavy atom. The minimum absolute atomic E-state index is 0.398. The van der Waals surface area contributed by atoms with E-state index in [1.165, 1.54) is 0 Å². The lowest BCUT2D eigenvalue weighted by Crippen LogP contribution is -2.31. The average molecular weight is 411 g/mol. The zero-order valence-electron chi connectivity index (χ0n) is 16.2. The Labute approximate surface area is 172 Å². The lowest BCUT2D eigenvalue weighted by Gasteiger charge is -2.18. The van der Waals surface area contributed by atoms with E-state index in [2.05, 4.69) is 24.1 Å². The van der Waals surface area contributed by atoms with Gasteiger partial charge in [0.25, 0.3) is 0 Å². The first-order valence-electron chi connectivity index (χ1n) is 9.24. The maximum atomic E-state index is 6.45. The molecule has 0 amide bonds. The zero-order chi connectivity index (χ0) is 19.6. The number of benzene rings is 2. The number of ether oxygens (including phenoxy) is 2. The number of nitrogens with one attached hydrogen (secondary N) is 1. The highest BCUT2D eigenvalue weighted by Crippen LogP contribution is 2.37. The lowest BCUT2D eigenvalue weighted by molar-refractivity contribution is 0.284. The molecule has 0 aliphatic heterocycles. The molecule has 0 fully saturated rings. The normalized spacial score (nSPS) is 11.0. The Kier molecular flexibility index (Phi) is 9.22. The van der Waals surface area contributed by atoms with Gasteiger partial charge >= 0.3 is 0 Å². The maximum Gasteiger partial charge on any atom is 0.180 e. The van der Waals surface area contributed by atoms with Crippen LogP contribution in [0.3, 0.4) is 0 Å². The number of hydrogen-bond acceptors (Lipinski definition) is 4. The van der Waals surface area contributed by atoms with Crippen LogP contribution < -0.4 is 14.8 Å². The number of hydrogen-bond donors (Lipinski definition) is 1. The number of nitrogens with zero attached hydrogens (tertiary/aromatic N) is 1. The van der Waals surface area contributed by atoms with Crippen molar-refractivity contribution in [3.05, 3.63) is 57.6 Å². The van der Waals surface area contributed by atoms with Gasteiger partial charge in [0.05, 0.1) is 12.1 Å². The summed E-state index contributed by atoms with van der Waals surface area (Å²) in [6, 6.07) is 11.4. The molecule has 148 valence electrons. The molecule has 0 aliphatic carbocycles. The van der Waals surface area contributed by atoms with E-state index in [0.29, 0.717) is 28.2 Å². The molecule has 0 aliphatic rings. The molecule has 27 heavy (non-hydrogen) atoms. The van der Waals surface area contributed by atoms with Crippen LogP contribution in [0.1, 0.15) is 25.0 Å². The molecule has 0 aromatic heterocycles. The van der Waals surface area contributed by atoms with Crippen molar-refractivity contribution in [2.45, 2.75) is 27.0 Å². The van der Waals surface area contributed by atoms with E-state index in [9.17, 15) is 0 Å². The summed E-state index contributed by atoms with van der Waals surface area (Å²) in [7, 11) is 1.62. The van der Waals surface area contributed by atoms with Gasteiger partial charge in [0.15, 0.2) is 11.5 Å². The highest BCUT2D eigenvalue weighted by atomic mass is 35.5. The summed E-state index contributed by atoms with van der Waals surface area (Å²) in [6.45, 7) is 9.57. The van der Waals surface area contributed by atoms with Crippen LogP contribution in [-0.4, -0.2) is 38.2 Å². The molecule has 1 N–H and O–H groups in total. The molecular weight excluding hydrogens is 383 g/mol. The summed E-state index contributed by atoms with van der Waals surface area (Å²) in [6.07, 6.45) is 0. The third-order valence-electron chi connectivity index (χ3n) is 4.41. The van der Waals surface area contributed by atoms with Crippen molar-refractivity contribution in [2.75, 3.05) is 33.3 Å². The van der Waals surface area contributed by atoms with Crippen LogP contribution in [0.4, 0.5) is 0 Å². The Morgan fingerprint density at radius 1 is 1.00 bits per heavy atom. The van der Waals surface area contributed by atoms with Gasteiger partial charge in [0.1, 0.15) is 6.61 Å². The van der Waals surface area contributed by atoms with Gasteiger partial charge in [-0.15, -0.1) is 0 Å². The molecule has 2 aromatic rings. The molecule has 0 saturated heterocycles. The standard InChI is InChI=1S/C21H28Cl2N2O2/c1-4-25(5-2)11-10-24-14-17-12-19(23)21(20(13-17)26-3)27-15-16-6-8-18(22)9-7-16/h6-9,12-13,24H,4-5,10-11,14-15H2,1-3H3. The molecule has 4 nitrogen and oxygen atoms in total. The minimum atomic E-state index is 0.398. The largest absolute Gasteiger partial charge is 0.493 e. The van der Waals surface area contributed by atoms with Gasteiger partial charge in [0.2, 0.25) is 0 Å². The molecule has 2 rings (SSSR count). The molecule has 0 heterocycles. The van der Waals surface area contributed by atoms with Crippen LogP contribution in [-0.2, 0) is 13.2 Å². The third-order valence-corrected chi connectivity index (χ3v) is 4.95. The molecule has 0 bridgehead atoms. The first-order valence-corrected chi connectivity index (χ1v) is 9.99. The van der Waals surface area contributed by atoms with Crippen LogP contribution in [0.2, 0.25) is 10.0 Å². The number of methoxy groups -OCH3 is 1. The van der Waals surface area contributed by atoms with Gasteiger partial charge in [-0.1, -0.05) is 49.2 Å². The fourth-order valence-electron chi connectivity index (χ4n) is 2.76. The Morgan fingerprint density at radius 3 is 2.33 bits per heavy atom. The van der Waals surface area contributed by atoms with Gasteiger partial charge in [-0.2, -0.15) is 0 Å². The Hall–Kier alpha value is -1.46. The van der Waals surface area contributed by atoms with Gasteiger partial charge in [-0.25, -0.2) is 0 Å². The quantitative estimate of drug-likeness (QED) is 0.527. The minimum Gasteiger partial charge on any atom is -0.493 e. The van der Waals surface area contributed by atoms with Gasteiger partial charge < -0.3 is 19.7 Å². The van der Waals surface area contributed by atoms with E-state index >= 15 is 0 Å². The molecular formula is C21H28Cl2N2O2. The number of halogens is 2. The van der Waals surface area contributed by atoms with E-state index < -0.39 is 0 Å².